The van der Waals surface area contributed by atoms with E-state index in [1.165, 1.54) is 26.5 Å². The zero-order chi connectivity index (χ0) is 72.0. The second-order valence-electron chi connectivity index (χ2n) is 23.3. The molecule has 0 bridgehead atoms. The van der Waals surface area contributed by atoms with E-state index >= 15 is 0 Å². The molecule has 11 amide bonds. The van der Waals surface area contributed by atoms with E-state index in [2.05, 4.69) is 73.6 Å². The Kier molecular flexibility index (Phi) is 38.2. The summed E-state index contributed by atoms with van der Waals surface area (Å²) in [7, 11) is 1.41. The number of carbonyl (C=O) groups is 13. The minimum Gasteiger partial charge on any atom is -0.481 e. The van der Waals surface area contributed by atoms with Gasteiger partial charge in [0.25, 0.3) is 0 Å². The van der Waals surface area contributed by atoms with E-state index in [0.29, 0.717) is 17.7 Å². The van der Waals surface area contributed by atoms with E-state index in [9.17, 15) is 72.5 Å². The van der Waals surface area contributed by atoms with E-state index in [1.54, 1.807) is 58.0 Å². The summed E-state index contributed by atoms with van der Waals surface area (Å²) >= 11 is 0. The second-order valence-corrected chi connectivity index (χ2v) is 23.3. The third-order valence-electron chi connectivity index (χ3n) is 15.0. The summed E-state index contributed by atoms with van der Waals surface area (Å²) < 4.78 is 0. The quantitative estimate of drug-likeness (QED) is 0.0127. The van der Waals surface area contributed by atoms with E-state index in [4.69, 9.17) is 38.6 Å². The lowest BCUT2D eigenvalue weighted by Crippen LogP contribution is -2.62. The number of imidazole rings is 1. The number of aliphatic hydroxyl groups is 1. The molecule has 2 aromatic rings. The molecule has 0 aliphatic rings. The monoisotopic (exact) mass is 1360 g/mol. The lowest BCUT2D eigenvalue weighted by atomic mass is 9.97. The molecular weight excluding hydrogens is 1260 g/mol. The molecule has 0 aliphatic carbocycles. The number of aliphatic imine (C=N–C) groups is 1. The highest BCUT2D eigenvalue weighted by Gasteiger charge is 2.37. The van der Waals surface area contributed by atoms with Crippen molar-refractivity contribution in [1.82, 2.24) is 68.6 Å². The Labute approximate surface area is 556 Å². The maximum atomic E-state index is 14.5. The van der Waals surface area contributed by atoms with Gasteiger partial charge in [0.2, 0.25) is 65.0 Å². The van der Waals surface area contributed by atoms with Gasteiger partial charge in [0.1, 0.15) is 60.4 Å². The summed E-state index contributed by atoms with van der Waals surface area (Å²) in [6, 6.07) is -7.52. The van der Waals surface area contributed by atoms with Crippen LogP contribution in [-0.2, 0) is 80.0 Å². The Morgan fingerprint density at radius 2 is 1.07 bits per heavy atom. The van der Waals surface area contributed by atoms with Crippen molar-refractivity contribution in [2.24, 2.45) is 45.5 Å². The first-order valence-corrected chi connectivity index (χ1v) is 31.6. The number of rotatable bonds is 48. The van der Waals surface area contributed by atoms with Gasteiger partial charge in [-0.25, -0.2) is 10.5 Å². The number of benzene rings is 1. The summed E-state index contributed by atoms with van der Waals surface area (Å²) in [4.78, 5) is 191. The van der Waals surface area contributed by atoms with Crippen LogP contribution >= 0.6 is 0 Å². The molecule has 0 unspecified atom stereocenters. The van der Waals surface area contributed by atoms with Gasteiger partial charge in [-0.05, 0) is 82.2 Å². The van der Waals surface area contributed by atoms with Gasteiger partial charge in [0.15, 0.2) is 5.96 Å². The second kappa shape index (κ2) is 44.3. The molecule has 36 nitrogen and oxygen atoms in total. The maximum Gasteiger partial charge on any atom is 0.303 e. The average molecular weight is 1360 g/mol. The van der Waals surface area contributed by atoms with Crippen LogP contribution in [0, 0.1) is 11.8 Å². The number of carboxylic acid groups (broad SMARTS) is 2. The number of aromatic nitrogens is 2. The number of H-pyrrole nitrogens is 1. The number of nitrogens with two attached hydrogens (primary N) is 5. The Bertz CT molecular complexity index is 2880. The van der Waals surface area contributed by atoms with Crippen LogP contribution in [0.2, 0.25) is 0 Å². The minimum atomic E-state index is -1.81. The highest BCUT2D eigenvalue weighted by atomic mass is 16.6. The fourth-order valence-corrected chi connectivity index (χ4v) is 9.36. The number of carboxylic acids is 2. The minimum absolute atomic E-state index is 0.0478. The number of guanidine groups is 1. The molecule has 96 heavy (non-hydrogen) atoms. The van der Waals surface area contributed by atoms with Crippen molar-refractivity contribution in [3.63, 3.8) is 0 Å². The highest BCUT2D eigenvalue weighted by molar-refractivity contribution is 5.99. The van der Waals surface area contributed by atoms with Gasteiger partial charge in [0.05, 0.1) is 25.6 Å². The Morgan fingerprint density at radius 1 is 0.573 bits per heavy atom. The smallest absolute Gasteiger partial charge is 0.303 e. The van der Waals surface area contributed by atoms with Gasteiger partial charge < -0.3 is 107 Å². The molecule has 2 rings (SSSR count). The Balaban J connectivity index is 2.46. The third kappa shape index (κ3) is 31.7. The topological polar surface area (TPSA) is 595 Å². The lowest BCUT2D eigenvalue weighted by Gasteiger charge is -2.29. The molecule has 0 aliphatic heterocycles. The summed E-state index contributed by atoms with van der Waals surface area (Å²) in [6.45, 7) is 7.11. The van der Waals surface area contributed by atoms with Crippen molar-refractivity contribution >= 4 is 82.9 Å². The fourth-order valence-electron chi connectivity index (χ4n) is 9.36. The van der Waals surface area contributed by atoms with Crippen LogP contribution in [0.15, 0.2) is 47.8 Å². The number of aromatic amines is 1. The van der Waals surface area contributed by atoms with Crippen molar-refractivity contribution in [3.8, 4) is 0 Å². The normalized spacial score (nSPS) is 14.9. The summed E-state index contributed by atoms with van der Waals surface area (Å²) in [6.07, 6.45) is 1.25. The lowest BCUT2D eigenvalue weighted by molar-refractivity contribution is -0.139. The largest absolute Gasteiger partial charge is 0.481 e. The number of amides is 11. The highest BCUT2D eigenvalue weighted by Crippen LogP contribution is 2.14. The first-order valence-electron chi connectivity index (χ1n) is 31.6. The molecule has 0 spiro atoms. The summed E-state index contributed by atoms with van der Waals surface area (Å²) in [5, 5.41) is 54.7. The number of hydrogen-bond acceptors (Lipinski definition) is 20. The SMILES string of the molecule is CC[C@H](C)[C@H](NC(=O)[C@H](CO)NC(=O)[C@H](Cc1cnc[nH]1)NC(=O)[C@H](Cc1ccccc1)NC(=O)[C@H](CC(C)C)NC(=O)[C@@H](N)CCC(=O)O)C(=O)N[C@@H](CCONC)C(=O)N[C@@H](CCC(=O)O)C(=O)N[C@@H](CCCCN)C(=O)N[C@@H](C)C(=O)N[C@@H](CCCN=C(N)N)C(N)=O. The molecule has 12 atom stereocenters. The first kappa shape index (κ1) is 82.7. The van der Waals surface area contributed by atoms with Gasteiger partial charge in [-0.15, -0.1) is 0 Å². The van der Waals surface area contributed by atoms with E-state index in [1.807, 2.05) is 0 Å². The van der Waals surface area contributed by atoms with Crippen LogP contribution in [0.4, 0.5) is 0 Å². The Hall–Kier alpha value is -9.39. The molecule has 1 heterocycles. The molecule has 0 saturated heterocycles. The standard InChI is InChI=1S/C60H99N19O17/c1-7-33(4)48(59(95)74-41(22-25-96-66-6)54(90)73-40(19-21-47(83)84)53(89)72-39(16-11-12-23-61)52(88)70-34(5)50(86)71-38(49(63)85)17-13-24-68-60(64)65)79-58(94)45(30-80)78-57(93)44(28-36-29-67-31-69-36)77-56(92)43(27-35-14-9-8-10-15-35)76-55(91)42(26-32(2)3)75-51(87)37(62)18-20-46(81)82/h8-10,14-15,29,31-34,37-45,48,66,80H,7,11-13,16-28,30,61-62H2,1-6H3,(H2,63,85)(H,67,69)(H,70,88)(H,71,86)(H,72,89)(H,73,90)(H,74,95)(H,75,87)(H,76,91)(H,77,92)(H,78,93)(H,79,94)(H,81,82)(H,83,84)(H4,64,65,68)/t33-,34-,37-,38-,39-,40-,41-,42-,43-,44-,45-,48-/m0/s1. The number of primary amides is 1. The molecule has 1 aromatic heterocycles. The maximum absolute atomic E-state index is 14.5. The number of hydrogen-bond donors (Lipinski definition) is 20. The predicted octanol–water partition coefficient (Wildman–Crippen LogP) is -5.59. The molecule has 0 radical (unpaired) electrons. The molecule has 1 aromatic carbocycles. The van der Waals surface area contributed by atoms with Gasteiger partial charge in [-0.3, -0.25) is 67.3 Å². The average Bonchev–Trinajstić information content (AvgIpc) is 1.02. The van der Waals surface area contributed by atoms with Crippen LogP contribution < -0.4 is 87.3 Å². The number of aliphatic carboxylic acids is 2. The molecule has 25 N–H and O–H groups in total. The summed E-state index contributed by atoms with van der Waals surface area (Å²) in [5.74, 6) is -14.0. The van der Waals surface area contributed by atoms with Gasteiger partial charge in [-0.2, -0.15) is 0 Å². The van der Waals surface area contributed by atoms with Crippen LogP contribution in [0.25, 0.3) is 0 Å². The van der Waals surface area contributed by atoms with Crippen LogP contribution in [0.3, 0.4) is 0 Å². The molecule has 0 fully saturated rings. The van der Waals surface area contributed by atoms with Crippen molar-refractivity contribution in [2.45, 2.75) is 191 Å². The molecular formula is C60H99N19O17. The van der Waals surface area contributed by atoms with E-state index in [-0.39, 0.29) is 95.8 Å². The summed E-state index contributed by atoms with van der Waals surface area (Å²) in [5.41, 5.74) is 31.2. The van der Waals surface area contributed by atoms with Crippen LogP contribution in [0.1, 0.15) is 123 Å². The zero-order valence-corrected chi connectivity index (χ0v) is 55.1. The van der Waals surface area contributed by atoms with E-state index in [0.717, 1.165) is 0 Å². The predicted molar refractivity (Wildman–Crippen MR) is 347 cm³/mol. The number of hydroxylamine groups is 1. The van der Waals surface area contributed by atoms with Crippen molar-refractivity contribution in [3.05, 3.63) is 54.1 Å². The van der Waals surface area contributed by atoms with Gasteiger partial charge in [-0.1, -0.05) is 64.4 Å². The zero-order valence-electron chi connectivity index (χ0n) is 55.1. The Morgan fingerprint density at radius 3 is 1.61 bits per heavy atom. The first-order chi connectivity index (χ1) is 45.4. The van der Waals surface area contributed by atoms with Crippen molar-refractivity contribution < 1.29 is 82.5 Å². The van der Waals surface area contributed by atoms with E-state index < -0.39 is 175 Å². The number of nitrogens with one attached hydrogen (secondary N) is 12. The number of nitrogens with zero attached hydrogens (tertiary/aromatic N) is 2. The molecule has 36 heteroatoms. The number of aliphatic hydroxyl groups excluding tert-OH is 1. The number of unbranched alkanes of at least 4 members (excludes halogenated alkanes) is 1. The van der Waals surface area contributed by atoms with Gasteiger partial charge in [0, 0.05) is 57.6 Å². The van der Waals surface area contributed by atoms with Crippen molar-refractivity contribution in [2.75, 3.05) is 33.4 Å². The number of carbonyl (C=O) groups excluding carboxylic acids is 11. The molecule has 0 saturated carbocycles. The fraction of sp³-hybridized carbons (Fsp3) is 0.617. The van der Waals surface area contributed by atoms with Gasteiger partial charge >= 0.3 is 11.9 Å². The third-order valence-corrected chi connectivity index (χ3v) is 15.0. The van der Waals surface area contributed by atoms with Crippen molar-refractivity contribution in [1.29, 1.82) is 0 Å². The van der Waals surface area contributed by atoms with Crippen LogP contribution in [0.5, 0.6) is 0 Å². The molecule has 536 valence electrons. The van der Waals surface area contributed by atoms with Crippen LogP contribution in [-0.4, -0.2) is 208 Å².